The molecule has 0 radical (unpaired) electrons. The maximum atomic E-state index is 13.0. The van der Waals surface area contributed by atoms with Gasteiger partial charge in [-0.1, -0.05) is 13.8 Å². The van der Waals surface area contributed by atoms with E-state index < -0.39 is 0 Å². The van der Waals surface area contributed by atoms with Crippen molar-refractivity contribution in [2.75, 3.05) is 31.1 Å². The van der Waals surface area contributed by atoms with Gasteiger partial charge >= 0.3 is 0 Å². The summed E-state index contributed by atoms with van der Waals surface area (Å²) in [6.07, 6.45) is 2.41. The van der Waals surface area contributed by atoms with Gasteiger partial charge in [-0.25, -0.2) is 4.98 Å². The third-order valence-corrected chi connectivity index (χ3v) is 6.09. The zero-order valence-electron chi connectivity index (χ0n) is 17.2. The highest BCUT2D eigenvalue weighted by atomic mass is 32.1. The Bertz CT molecular complexity index is 1070. The number of furan rings is 1. The van der Waals surface area contributed by atoms with Crippen LogP contribution in [0.1, 0.15) is 39.9 Å². The highest BCUT2D eigenvalue weighted by Crippen LogP contribution is 2.29. The van der Waals surface area contributed by atoms with E-state index in [9.17, 15) is 10.1 Å². The van der Waals surface area contributed by atoms with Crippen LogP contribution in [0.2, 0.25) is 0 Å². The molecule has 4 rings (SSSR count). The number of piperazine rings is 1. The molecule has 4 heterocycles. The summed E-state index contributed by atoms with van der Waals surface area (Å²) in [6.45, 7) is 8.39. The Balaban J connectivity index is 1.45. The molecule has 3 aromatic rings. The summed E-state index contributed by atoms with van der Waals surface area (Å²) < 4.78 is 11.1. The van der Waals surface area contributed by atoms with Gasteiger partial charge in [0.25, 0.3) is 11.8 Å². The van der Waals surface area contributed by atoms with Crippen molar-refractivity contribution in [3.63, 3.8) is 0 Å². The first kappa shape index (κ1) is 20.2. The molecule has 30 heavy (non-hydrogen) atoms. The van der Waals surface area contributed by atoms with Crippen molar-refractivity contribution < 1.29 is 13.6 Å². The van der Waals surface area contributed by atoms with Crippen LogP contribution in [-0.4, -0.2) is 47.0 Å². The second-order valence-corrected chi connectivity index (χ2v) is 8.74. The van der Waals surface area contributed by atoms with Gasteiger partial charge < -0.3 is 18.6 Å². The molecule has 1 fully saturated rings. The number of aryl methyl sites for hydroxylation is 1. The minimum Gasteiger partial charge on any atom is -0.459 e. The lowest BCUT2D eigenvalue weighted by Gasteiger charge is -2.34. The van der Waals surface area contributed by atoms with Crippen LogP contribution in [0.25, 0.3) is 11.7 Å². The molecule has 0 spiro atoms. The van der Waals surface area contributed by atoms with Crippen molar-refractivity contribution in [2.24, 2.45) is 5.92 Å². The lowest BCUT2D eigenvalue weighted by Crippen LogP contribution is -2.48. The predicted molar refractivity (Wildman–Crippen MR) is 112 cm³/mol. The number of nitriles is 1. The van der Waals surface area contributed by atoms with E-state index in [2.05, 4.69) is 29.9 Å². The number of carbonyl (C=O) groups excluding carboxylic acids is 1. The van der Waals surface area contributed by atoms with Gasteiger partial charge in [-0.2, -0.15) is 10.2 Å². The van der Waals surface area contributed by atoms with Crippen LogP contribution in [0, 0.1) is 24.2 Å². The topological polar surface area (TPSA) is 99.4 Å². The number of hydrogen-bond donors (Lipinski definition) is 0. The van der Waals surface area contributed by atoms with Gasteiger partial charge in [0.05, 0.1) is 17.0 Å². The molecule has 1 saturated heterocycles. The Kier molecular flexibility index (Phi) is 5.59. The standard InChI is InChI=1S/C21H23N5O3S/c1-13(2)11-17-23-14(3)18(30-17)20(27)25-6-8-26(9-7-25)21-15(12-22)24-19(29-21)16-5-4-10-28-16/h4-5,10,13H,6-9,11H2,1-3H3. The Morgan fingerprint density at radius 1 is 1.30 bits per heavy atom. The molecule has 9 heteroatoms. The van der Waals surface area contributed by atoms with Gasteiger partial charge in [0.15, 0.2) is 5.76 Å². The summed E-state index contributed by atoms with van der Waals surface area (Å²) >= 11 is 1.50. The molecule has 1 aliphatic rings. The van der Waals surface area contributed by atoms with Crippen molar-refractivity contribution >= 4 is 23.1 Å². The molecule has 0 aliphatic carbocycles. The fourth-order valence-corrected chi connectivity index (χ4v) is 4.69. The van der Waals surface area contributed by atoms with E-state index in [4.69, 9.17) is 8.83 Å². The number of rotatable bonds is 5. The first-order chi connectivity index (χ1) is 14.5. The Morgan fingerprint density at radius 3 is 2.70 bits per heavy atom. The van der Waals surface area contributed by atoms with Crippen molar-refractivity contribution in [3.05, 3.63) is 39.7 Å². The Morgan fingerprint density at radius 2 is 2.07 bits per heavy atom. The van der Waals surface area contributed by atoms with Crippen molar-refractivity contribution in [1.82, 2.24) is 14.9 Å². The fourth-order valence-electron chi connectivity index (χ4n) is 3.45. The molecule has 1 aliphatic heterocycles. The first-order valence-corrected chi connectivity index (χ1v) is 10.7. The second kappa shape index (κ2) is 8.32. The van der Waals surface area contributed by atoms with Gasteiger partial charge in [-0.15, -0.1) is 11.3 Å². The van der Waals surface area contributed by atoms with E-state index in [-0.39, 0.29) is 17.5 Å². The molecule has 156 valence electrons. The lowest BCUT2D eigenvalue weighted by atomic mass is 10.1. The van der Waals surface area contributed by atoms with Crippen LogP contribution >= 0.6 is 11.3 Å². The maximum absolute atomic E-state index is 13.0. The zero-order valence-corrected chi connectivity index (χ0v) is 18.0. The molecule has 0 N–H and O–H groups in total. The molecule has 0 saturated carbocycles. The predicted octanol–water partition coefficient (Wildman–Crippen LogP) is 3.73. The third-order valence-electron chi connectivity index (χ3n) is 4.92. The lowest BCUT2D eigenvalue weighted by molar-refractivity contribution is 0.0749. The fraction of sp³-hybridized carbons (Fsp3) is 0.429. The number of thiazole rings is 1. The highest BCUT2D eigenvalue weighted by molar-refractivity contribution is 7.13. The van der Waals surface area contributed by atoms with Gasteiger partial charge in [0.1, 0.15) is 10.9 Å². The quantitative estimate of drug-likeness (QED) is 0.614. The molecule has 8 nitrogen and oxygen atoms in total. The van der Waals surface area contributed by atoms with Gasteiger partial charge in [-0.05, 0) is 25.0 Å². The monoisotopic (exact) mass is 425 g/mol. The van der Waals surface area contributed by atoms with Gasteiger partial charge in [-0.3, -0.25) is 4.79 Å². The smallest absolute Gasteiger partial charge is 0.266 e. The second-order valence-electron chi connectivity index (χ2n) is 7.66. The Labute approximate surface area is 178 Å². The van der Waals surface area contributed by atoms with E-state index in [1.54, 1.807) is 12.1 Å². The van der Waals surface area contributed by atoms with Crippen molar-refractivity contribution in [3.8, 4) is 17.7 Å². The van der Waals surface area contributed by atoms with Crippen molar-refractivity contribution in [2.45, 2.75) is 27.2 Å². The average molecular weight is 426 g/mol. The number of anilines is 1. The summed E-state index contributed by atoms with van der Waals surface area (Å²) in [7, 11) is 0. The SMILES string of the molecule is Cc1nc(CC(C)C)sc1C(=O)N1CCN(c2oc(-c3ccco3)nc2C#N)CC1. The number of oxazole rings is 1. The van der Waals surface area contributed by atoms with E-state index >= 15 is 0 Å². The summed E-state index contributed by atoms with van der Waals surface area (Å²) in [4.78, 5) is 26.3. The number of hydrogen-bond acceptors (Lipinski definition) is 8. The number of carbonyl (C=O) groups is 1. The normalized spacial score (nSPS) is 14.4. The van der Waals surface area contributed by atoms with Gasteiger partial charge in [0.2, 0.25) is 11.6 Å². The molecule has 0 aromatic carbocycles. The zero-order chi connectivity index (χ0) is 21.3. The summed E-state index contributed by atoms with van der Waals surface area (Å²) in [5.41, 5.74) is 1.02. The molecule has 1 amide bonds. The molecule has 0 bridgehead atoms. The molecular weight excluding hydrogens is 402 g/mol. The summed E-state index contributed by atoms with van der Waals surface area (Å²) in [6, 6.07) is 5.56. The minimum atomic E-state index is 0.0222. The summed E-state index contributed by atoms with van der Waals surface area (Å²) in [5.74, 6) is 1.70. The number of aromatic nitrogens is 2. The third kappa shape index (κ3) is 3.96. The van der Waals surface area contributed by atoms with Crippen LogP contribution < -0.4 is 4.90 Å². The van der Waals surface area contributed by atoms with Crippen LogP contribution in [0.4, 0.5) is 5.88 Å². The first-order valence-electron chi connectivity index (χ1n) is 9.91. The average Bonchev–Trinajstić information content (AvgIpc) is 3.46. The molecular formula is C21H23N5O3S. The van der Waals surface area contributed by atoms with E-state index in [0.29, 0.717) is 43.7 Å². The molecule has 0 unspecified atom stereocenters. The minimum absolute atomic E-state index is 0.0222. The largest absolute Gasteiger partial charge is 0.459 e. The summed E-state index contributed by atoms with van der Waals surface area (Å²) in [5, 5.41) is 10.5. The molecule has 3 aromatic heterocycles. The van der Waals surface area contributed by atoms with Crippen LogP contribution in [-0.2, 0) is 6.42 Å². The highest BCUT2D eigenvalue weighted by Gasteiger charge is 2.29. The number of nitrogens with zero attached hydrogens (tertiary/aromatic N) is 5. The van der Waals surface area contributed by atoms with Gasteiger partial charge in [0, 0.05) is 32.6 Å². The van der Waals surface area contributed by atoms with Crippen LogP contribution in [0.5, 0.6) is 0 Å². The van der Waals surface area contributed by atoms with Crippen LogP contribution in [0.3, 0.4) is 0 Å². The van der Waals surface area contributed by atoms with E-state index in [1.165, 1.54) is 17.6 Å². The van der Waals surface area contributed by atoms with E-state index in [0.717, 1.165) is 22.0 Å². The van der Waals surface area contributed by atoms with Crippen molar-refractivity contribution in [1.29, 1.82) is 5.26 Å². The molecule has 0 atom stereocenters. The number of amides is 1. The van der Waals surface area contributed by atoms with Crippen LogP contribution in [0.15, 0.2) is 27.2 Å². The van der Waals surface area contributed by atoms with E-state index in [1.807, 2.05) is 16.7 Å². The maximum Gasteiger partial charge on any atom is 0.266 e. The Hall–Kier alpha value is -3.12.